The summed E-state index contributed by atoms with van der Waals surface area (Å²) in [4.78, 5) is 28.3. The largest absolute Gasteiger partial charge is 0.497 e. The molecule has 1 aromatic heterocycles. The van der Waals surface area contributed by atoms with Crippen LogP contribution in [0.4, 0.5) is 11.4 Å². The van der Waals surface area contributed by atoms with Crippen molar-refractivity contribution in [2.75, 3.05) is 17.7 Å². The van der Waals surface area contributed by atoms with Crippen LogP contribution in [-0.2, 0) is 16.0 Å². The van der Waals surface area contributed by atoms with Crippen LogP contribution < -0.4 is 15.4 Å². The van der Waals surface area contributed by atoms with Gasteiger partial charge in [-0.2, -0.15) is 4.98 Å². The van der Waals surface area contributed by atoms with Gasteiger partial charge in [-0.15, -0.1) is 0 Å². The highest BCUT2D eigenvalue weighted by Crippen LogP contribution is 2.20. The van der Waals surface area contributed by atoms with Crippen molar-refractivity contribution < 1.29 is 18.8 Å². The number of aryl methyl sites for hydroxylation is 1. The van der Waals surface area contributed by atoms with Gasteiger partial charge in [-0.3, -0.25) is 9.59 Å². The Hall–Kier alpha value is -3.68. The van der Waals surface area contributed by atoms with Crippen LogP contribution in [0.1, 0.15) is 32.6 Å². The standard InChI is InChI=1S/C23H26N4O4/c1-15(2)23(29)25-18-11-9-17(10-12-18)24-20(28)5-4-6-21-26-22(27-31-21)16-7-13-19(30-3)14-8-16/h7-15H,4-6H2,1-3H3,(H,24,28)(H,25,29). The first-order chi connectivity index (χ1) is 14.9. The summed E-state index contributed by atoms with van der Waals surface area (Å²) in [6.07, 6.45) is 1.42. The van der Waals surface area contributed by atoms with Crippen molar-refractivity contribution in [1.29, 1.82) is 0 Å². The number of methoxy groups -OCH3 is 1. The van der Waals surface area contributed by atoms with E-state index in [1.54, 1.807) is 31.4 Å². The van der Waals surface area contributed by atoms with Crippen LogP contribution in [0.25, 0.3) is 11.4 Å². The second kappa shape index (κ2) is 10.4. The van der Waals surface area contributed by atoms with E-state index in [0.29, 0.717) is 42.4 Å². The predicted molar refractivity (Wildman–Crippen MR) is 118 cm³/mol. The van der Waals surface area contributed by atoms with Crippen molar-refractivity contribution in [3.8, 4) is 17.1 Å². The molecule has 0 atom stereocenters. The molecule has 8 nitrogen and oxygen atoms in total. The Labute approximate surface area is 181 Å². The number of amides is 2. The highest BCUT2D eigenvalue weighted by Gasteiger charge is 2.11. The topological polar surface area (TPSA) is 106 Å². The molecular weight excluding hydrogens is 396 g/mol. The van der Waals surface area contributed by atoms with Crippen LogP contribution in [0.2, 0.25) is 0 Å². The lowest BCUT2D eigenvalue weighted by atomic mass is 10.2. The molecule has 3 rings (SSSR count). The molecule has 2 N–H and O–H groups in total. The normalized spacial score (nSPS) is 10.7. The van der Waals surface area contributed by atoms with Crippen molar-refractivity contribution in [3.63, 3.8) is 0 Å². The molecule has 0 aliphatic carbocycles. The van der Waals surface area contributed by atoms with E-state index in [0.717, 1.165) is 11.3 Å². The van der Waals surface area contributed by atoms with Gasteiger partial charge in [-0.1, -0.05) is 19.0 Å². The minimum atomic E-state index is -0.103. The van der Waals surface area contributed by atoms with Crippen molar-refractivity contribution in [1.82, 2.24) is 10.1 Å². The summed E-state index contributed by atoms with van der Waals surface area (Å²) in [5, 5.41) is 9.65. The minimum Gasteiger partial charge on any atom is -0.497 e. The van der Waals surface area contributed by atoms with E-state index in [2.05, 4.69) is 20.8 Å². The van der Waals surface area contributed by atoms with E-state index >= 15 is 0 Å². The fourth-order valence-electron chi connectivity index (χ4n) is 2.76. The summed E-state index contributed by atoms with van der Waals surface area (Å²) in [6, 6.07) is 14.4. The molecule has 8 heteroatoms. The van der Waals surface area contributed by atoms with Gasteiger partial charge >= 0.3 is 0 Å². The van der Waals surface area contributed by atoms with E-state index in [4.69, 9.17) is 9.26 Å². The Morgan fingerprint density at radius 3 is 2.26 bits per heavy atom. The SMILES string of the molecule is COc1ccc(-c2noc(CCCC(=O)Nc3ccc(NC(=O)C(C)C)cc3)n2)cc1. The Morgan fingerprint density at radius 1 is 1.00 bits per heavy atom. The van der Waals surface area contributed by atoms with Gasteiger partial charge in [0.15, 0.2) is 0 Å². The molecule has 162 valence electrons. The molecule has 0 fully saturated rings. The van der Waals surface area contributed by atoms with E-state index in [1.807, 2.05) is 38.1 Å². The highest BCUT2D eigenvalue weighted by molar-refractivity contribution is 5.93. The van der Waals surface area contributed by atoms with Gasteiger partial charge < -0.3 is 19.9 Å². The number of nitrogens with zero attached hydrogens (tertiary/aromatic N) is 2. The van der Waals surface area contributed by atoms with Gasteiger partial charge in [0.05, 0.1) is 7.11 Å². The molecule has 0 spiro atoms. The maximum Gasteiger partial charge on any atom is 0.226 e. The molecular formula is C23H26N4O4. The second-order valence-electron chi connectivity index (χ2n) is 7.36. The molecule has 2 amide bonds. The number of carbonyl (C=O) groups is 2. The summed E-state index contributed by atoms with van der Waals surface area (Å²) in [5.41, 5.74) is 2.20. The molecule has 0 radical (unpaired) electrons. The lowest BCUT2D eigenvalue weighted by Crippen LogP contribution is -2.17. The number of hydrogen-bond acceptors (Lipinski definition) is 6. The molecule has 31 heavy (non-hydrogen) atoms. The highest BCUT2D eigenvalue weighted by atomic mass is 16.5. The van der Waals surface area contributed by atoms with Crippen molar-refractivity contribution in [2.24, 2.45) is 5.92 Å². The molecule has 0 aliphatic rings. The number of aromatic nitrogens is 2. The number of carbonyl (C=O) groups excluding carboxylic acids is 2. The number of rotatable bonds is 9. The fourth-order valence-corrected chi connectivity index (χ4v) is 2.76. The number of benzene rings is 2. The minimum absolute atomic E-state index is 0.0482. The average Bonchev–Trinajstić information content (AvgIpc) is 3.24. The fraction of sp³-hybridized carbons (Fsp3) is 0.304. The van der Waals surface area contributed by atoms with Gasteiger partial charge in [0.2, 0.25) is 23.5 Å². The van der Waals surface area contributed by atoms with E-state index in [1.165, 1.54) is 0 Å². The Kier molecular flexibility index (Phi) is 7.37. The number of anilines is 2. The number of ether oxygens (including phenoxy) is 1. The van der Waals surface area contributed by atoms with Crippen LogP contribution in [-0.4, -0.2) is 29.1 Å². The zero-order valence-corrected chi connectivity index (χ0v) is 17.8. The van der Waals surface area contributed by atoms with Crippen molar-refractivity contribution in [2.45, 2.75) is 33.1 Å². The Bertz CT molecular complexity index is 1010. The third-order valence-corrected chi connectivity index (χ3v) is 4.57. The maximum absolute atomic E-state index is 12.2. The third-order valence-electron chi connectivity index (χ3n) is 4.57. The van der Waals surface area contributed by atoms with E-state index in [9.17, 15) is 9.59 Å². The number of nitrogens with one attached hydrogen (secondary N) is 2. The van der Waals surface area contributed by atoms with Crippen LogP contribution in [0.5, 0.6) is 5.75 Å². The molecule has 0 aliphatic heterocycles. The van der Waals surface area contributed by atoms with Gasteiger partial charge in [0.1, 0.15) is 5.75 Å². The Balaban J connectivity index is 1.44. The molecule has 0 bridgehead atoms. The van der Waals surface area contributed by atoms with Crippen molar-refractivity contribution in [3.05, 3.63) is 54.4 Å². The van der Waals surface area contributed by atoms with Crippen LogP contribution in [0, 0.1) is 5.92 Å². The van der Waals surface area contributed by atoms with Gasteiger partial charge in [0, 0.05) is 35.7 Å². The second-order valence-corrected chi connectivity index (χ2v) is 7.36. The zero-order valence-electron chi connectivity index (χ0n) is 17.8. The molecule has 3 aromatic rings. The smallest absolute Gasteiger partial charge is 0.226 e. The predicted octanol–water partition coefficient (Wildman–Crippen LogP) is 4.30. The molecule has 0 unspecified atom stereocenters. The quantitative estimate of drug-likeness (QED) is 0.532. The summed E-state index contributed by atoms with van der Waals surface area (Å²) in [6.45, 7) is 3.66. The monoisotopic (exact) mass is 422 g/mol. The molecule has 1 heterocycles. The molecule has 0 saturated carbocycles. The van der Waals surface area contributed by atoms with Crippen molar-refractivity contribution >= 4 is 23.2 Å². The van der Waals surface area contributed by atoms with Gasteiger partial charge in [0.25, 0.3) is 0 Å². The lowest BCUT2D eigenvalue weighted by molar-refractivity contribution is -0.119. The third kappa shape index (κ3) is 6.40. The Morgan fingerprint density at radius 2 is 1.65 bits per heavy atom. The first-order valence-corrected chi connectivity index (χ1v) is 10.1. The first-order valence-electron chi connectivity index (χ1n) is 10.1. The van der Waals surface area contributed by atoms with Crippen LogP contribution in [0.15, 0.2) is 53.1 Å². The van der Waals surface area contributed by atoms with Crippen LogP contribution in [0.3, 0.4) is 0 Å². The van der Waals surface area contributed by atoms with E-state index < -0.39 is 0 Å². The van der Waals surface area contributed by atoms with E-state index in [-0.39, 0.29) is 17.7 Å². The first kappa shape index (κ1) is 22.0. The summed E-state index contributed by atoms with van der Waals surface area (Å²) >= 11 is 0. The summed E-state index contributed by atoms with van der Waals surface area (Å²) in [7, 11) is 1.61. The molecule has 0 saturated heterocycles. The lowest BCUT2D eigenvalue weighted by Gasteiger charge is -2.09. The summed E-state index contributed by atoms with van der Waals surface area (Å²) < 4.78 is 10.4. The van der Waals surface area contributed by atoms with Gasteiger partial charge in [-0.25, -0.2) is 0 Å². The van der Waals surface area contributed by atoms with Gasteiger partial charge in [-0.05, 0) is 55.0 Å². The van der Waals surface area contributed by atoms with Crippen LogP contribution >= 0.6 is 0 Å². The summed E-state index contributed by atoms with van der Waals surface area (Å²) in [5.74, 6) is 1.51. The zero-order chi connectivity index (χ0) is 22.2. The molecule has 2 aromatic carbocycles. The maximum atomic E-state index is 12.2. The number of hydrogen-bond donors (Lipinski definition) is 2. The average molecular weight is 422 g/mol.